The summed E-state index contributed by atoms with van der Waals surface area (Å²) in [7, 11) is 1.61. The third-order valence-electron chi connectivity index (χ3n) is 3.78. The van der Waals surface area contributed by atoms with E-state index in [1.54, 1.807) is 7.11 Å². The summed E-state index contributed by atoms with van der Waals surface area (Å²) >= 11 is 3.44. The number of ether oxygens (including phenoxy) is 1. The predicted molar refractivity (Wildman–Crippen MR) is 80.8 cm³/mol. The molecule has 1 aliphatic rings. The molecule has 1 aliphatic carbocycles. The van der Waals surface area contributed by atoms with Crippen molar-refractivity contribution in [3.8, 4) is 5.75 Å². The van der Waals surface area contributed by atoms with Gasteiger partial charge in [-0.05, 0) is 36.6 Å². The molecule has 110 valence electrons. The number of aliphatic hydroxyl groups excluding tert-OH is 1. The highest BCUT2D eigenvalue weighted by Crippen LogP contribution is 2.25. The third kappa shape index (κ3) is 3.96. The Balaban J connectivity index is 1.87. The number of rotatable bonds is 5. The van der Waals surface area contributed by atoms with Crippen LogP contribution in [0.4, 0.5) is 0 Å². The van der Waals surface area contributed by atoms with E-state index >= 15 is 0 Å². The Kier molecular flexibility index (Phi) is 5.43. The lowest BCUT2D eigenvalue weighted by molar-refractivity contribution is -0.120. The summed E-state index contributed by atoms with van der Waals surface area (Å²) in [6.45, 7) is 0.557. The molecule has 2 atom stereocenters. The fourth-order valence-electron chi connectivity index (χ4n) is 2.55. The van der Waals surface area contributed by atoms with Crippen LogP contribution >= 0.6 is 15.9 Å². The first kappa shape index (κ1) is 15.3. The Morgan fingerprint density at radius 2 is 2.30 bits per heavy atom. The SMILES string of the molecule is COc1ccc(Br)c(CC(=O)NC[C@@H]2CCC[C@H]2O)c1. The average molecular weight is 342 g/mol. The number of amides is 1. The Bertz CT molecular complexity index is 478. The molecule has 1 fully saturated rings. The minimum Gasteiger partial charge on any atom is -0.497 e. The molecular formula is C15H20BrNO3. The molecule has 20 heavy (non-hydrogen) atoms. The quantitative estimate of drug-likeness (QED) is 0.863. The van der Waals surface area contributed by atoms with Gasteiger partial charge in [-0.1, -0.05) is 22.4 Å². The number of benzene rings is 1. The Morgan fingerprint density at radius 1 is 1.50 bits per heavy atom. The van der Waals surface area contributed by atoms with Crippen LogP contribution in [0.2, 0.25) is 0 Å². The lowest BCUT2D eigenvalue weighted by Gasteiger charge is -2.15. The van der Waals surface area contributed by atoms with E-state index in [2.05, 4.69) is 21.2 Å². The summed E-state index contributed by atoms with van der Waals surface area (Å²) in [5.74, 6) is 0.910. The van der Waals surface area contributed by atoms with Crippen LogP contribution in [0.1, 0.15) is 24.8 Å². The molecule has 4 nitrogen and oxygen atoms in total. The molecule has 0 aliphatic heterocycles. The van der Waals surface area contributed by atoms with Gasteiger partial charge >= 0.3 is 0 Å². The van der Waals surface area contributed by atoms with Gasteiger partial charge in [0.05, 0.1) is 19.6 Å². The van der Waals surface area contributed by atoms with Gasteiger partial charge in [-0.3, -0.25) is 4.79 Å². The zero-order valence-electron chi connectivity index (χ0n) is 11.6. The van der Waals surface area contributed by atoms with E-state index in [9.17, 15) is 9.90 Å². The highest BCUT2D eigenvalue weighted by Gasteiger charge is 2.25. The maximum absolute atomic E-state index is 12.0. The van der Waals surface area contributed by atoms with E-state index < -0.39 is 0 Å². The number of aliphatic hydroxyl groups is 1. The van der Waals surface area contributed by atoms with Gasteiger partial charge in [0.2, 0.25) is 5.91 Å². The lowest BCUT2D eigenvalue weighted by Crippen LogP contribution is -2.33. The fraction of sp³-hybridized carbons (Fsp3) is 0.533. The van der Waals surface area contributed by atoms with Crippen LogP contribution in [0.15, 0.2) is 22.7 Å². The number of halogens is 1. The topological polar surface area (TPSA) is 58.6 Å². The first-order chi connectivity index (χ1) is 9.60. The summed E-state index contributed by atoms with van der Waals surface area (Å²) in [6, 6.07) is 5.58. The van der Waals surface area contributed by atoms with Gasteiger partial charge in [-0.2, -0.15) is 0 Å². The van der Waals surface area contributed by atoms with Crippen LogP contribution in [0, 0.1) is 5.92 Å². The van der Waals surface area contributed by atoms with E-state index in [4.69, 9.17) is 4.74 Å². The van der Waals surface area contributed by atoms with E-state index in [1.807, 2.05) is 18.2 Å². The molecule has 2 rings (SSSR count). The molecule has 2 N–H and O–H groups in total. The largest absolute Gasteiger partial charge is 0.497 e. The van der Waals surface area contributed by atoms with E-state index in [0.717, 1.165) is 35.0 Å². The second-order valence-electron chi connectivity index (χ2n) is 5.20. The first-order valence-electron chi connectivity index (χ1n) is 6.87. The average Bonchev–Trinajstić information content (AvgIpc) is 2.84. The van der Waals surface area contributed by atoms with Gasteiger partial charge in [-0.15, -0.1) is 0 Å². The fourth-order valence-corrected chi connectivity index (χ4v) is 2.94. The van der Waals surface area contributed by atoms with Gasteiger partial charge in [0.15, 0.2) is 0 Å². The van der Waals surface area contributed by atoms with E-state index in [1.165, 1.54) is 0 Å². The number of carbonyl (C=O) groups is 1. The smallest absolute Gasteiger partial charge is 0.224 e. The minimum absolute atomic E-state index is 0.0296. The molecule has 1 aromatic rings. The lowest BCUT2D eigenvalue weighted by atomic mass is 10.1. The standard InChI is InChI=1S/C15H20BrNO3/c1-20-12-5-6-13(16)11(7-12)8-15(19)17-9-10-3-2-4-14(10)18/h5-7,10,14,18H,2-4,8-9H2,1H3,(H,17,19)/t10-,14+/m0/s1. The van der Waals surface area contributed by atoms with Crippen LogP contribution in [0.5, 0.6) is 5.75 Å². The minimum atomic E-state index is -0.265. The molecule has 1 saturated carbocycles. The normalized spacial score (nSPS) is 21.8. The molecule has 1 amide bonds. The predicted octanol–water partition coefficient (Wildman–Crippen LogP) is 2.28. The van der Waals surface area contributed by atoms with Crippen molar-refractivity contribution in [3.05, 3.63) is 28.2 Å². The van der Waals surface area contributed by atoms with Crippen LogP contribution in [0.25, 0.3) is 0 Å². The maximum atomic E-state index is 12.0. The summed E-state index contributed by atoms with van der Waals surface area (Å²) in [6.07, 6.45) is 2.93. The van der Waals surface area contributed by atoms with Crippen LogP contribution in [0.3, 0.4) is 0 Å². The van der Waals surface area contributed by atoms with Gasteiger partial charge < -0.3 is 15.2 Å². The summed E-state index contributed by atoms with van der Waals surface area (Å²) in [5, 5.41) is 12.6. The van der Waals surface area contributed by atoms with Gasteiger partial charge in [-0.25, -0.2) is 0 Å². The van der Waals surface area contributed by atoms with Crippen molar-refractivity contribution in [2.45, 2.75) is 31.8 Å². The van der Waals surface area contributed by atoms with Gasteiger partial charge in [0, 0.05) is 16.9 Å². The monoisotopic (exact) mass is 341 g/mol. The van der Waals surface area contributed by atoms with Crippen LogP contribution < -0.4 is 10.1 Å². The second kappa shape index (κ2) is 7.09. The van der Waals surface area contributed by atoms with Crippen molar-refractivity contribution in [1.29, 1.82) is 0 Å². The maximum Gasteiger partial charge on any atom is 0.224 e. The van der Waals surface area contributed by atoms with E-state index in [-0.39, 0.29) is 17.9 Å². The van der Waals surface area contributed by atoms with Crippen molar-refractivity contribution in [3.63, 3.8) is 0 Å². The highest BCUT2D eigenvalue weighted by atomic mass is 79.9. The Hall–Kier alpha value is -1.07. The summed E-state index contributed by atoms with van der Waals surface area (Å²) in [5.41, 5.74) is 0.897. The third-order valence-corrected chi connectivity index (χ3v) is 4.56. The zero-order valence-corrected chi connectivity index (χ0v) is 13.1. The van der Waals surface area contributed by atoms with Crippen molar-refractivity contribution < 1.29 is 14.6 Å². The Labute approximate surface area is 127 Å². The zero-order chi connectivity index (χ0) is 14.5. The van der Waals surface area contributed by atoms with Crippen LogP contribution in [-0.4, -0.2) is 30.8 Å². The Morgan fingerprint density at radius 3 is 2.95 bits per heavy atom. The van der Waals surface area contributed by atoms with E-state index in [0.29, 0.717) is 13.0 Å². The van der Waals surface area contributed by atoms with Gasteiger partial charge in [0.1, 0.15) is 5.75 Å². The van der Waals surface area contributed by atoms with Crippen molar-refractivity contribution in [1.82, 2.24) is 5.32 Å². The number of hydrogen-bond acceptors (Lipinski definition) is 3. The van der Waals surface area contributed by atoms with Crippen molar-refractivity contribution in [2.75, 3.05) is 13.7 Å². The molecule has 0 radical (unpaired) electrons. The van der Waals surface area contributed by atoms with Gasteiger partial charge in [0.25, 0.3) is 0 Å². The number of carbonyl (C=O) groups excluding carboxylic acids is 1. The first-order valence-corrected chi connectivity index (χ1v) is 7.66. The molecule has 0 aromatic heterocycles. The van der Waals surface area contributed by atoms with Crippen molar-refractivity contribution >= 4 is 21.8 Å². The summed E-state index contributed by atoms with van der Waals surface area (Å²) in [4.78, 5) is 12.0. The summed E-state index contributed by atoms with van der Waals surface area (Å²) < 4.78 is 6.06. The molecule has 0 heterocycles. The number of hydrogen-bond donors (Lipinski definition) is 2. The molecule has 0 spiro atoms. The van der Waals surface area contributed by atoms with Crippen molar-refractivity contribution in [2.24, 2.45) is 5.92 Å². The number of methoxy groups -OCH3 is 1. The highest BCUT2D eigenvalue weighted by molar-refractivity contribution is 9.10. The molecule has 0 bridgehead atoms. The molecule has 5 heteroatoms. The van der Waals surface area contributed by atoms with Crippen LogP contribution in [-0.2, 0) is 11.2 Å². The molecule has 0 unspecified atom stereocenters. The number of nitrogens with one attached hydrogen (secondary N) is 1. The molecular weight excluding hydrogens is 322 g/mol. The second-order valence-corrected chi connectivity index (χ2v) is 6.05. The molecule has 1 aromatic carbocycles. The molecule has 0 saturated heterocycles.